The summed E-state index contributed by atoms with van der Waals surface area (Å²) in [5, 5.41) is 0. The van der Waals surface area contributed by atoms with Gasteiger partial charge >= 0.3 is 0 Å². The van der Waals surface area contributed by atoms with Gasteiger partial charge in [0.25, 0.3) is 5.97 Å². The average molecular weight is 501 g/mol. The van der Waals surface area contributed by atoms with Crippen LogP contribution in [-0.2, 0) is 24.0 Å². The molecule has 0 aliphatic heterocycles. The van der Waals surface area contributed by atoms with E-state index in [1.165, 1.54) is 51.2 Å². The Hall–Kier alpha value is -1.15. The number of ether oxygens (including phenoxy) is 4. The van der Waals surface area contributed by atoms with Crippen LogP contribution in [0.3, 0.4) is 0 Å². The smallest absolute Gasteiger partial charge is 0.282 e. The van der Waals surface area contributed by atoms with E-state index in [1.807, 2.05) is 20.8 Å². The van der Waals surface area contributed by atoms with Gasteiger partial charge < -0.3 is 18.9 Å². The molecule has 0 fully saturated rings. The molecule has 0 radical (unpaired) electrons. The third kappa shape index (κ3) is 13.1. The Labute approximate surface area is 208 Å². The Bertz CT molecular complexity index is 715. The maximum Gasteiger partial charge on any atom is 0.282 e. The maximum atomic E-state index is 11.5. The summed E-state index contributed by atoms with van der Waals surface area (Å²) in [5.74, 6) is 0.342. The summed E-state index contributed by atoms with van der Waals surface area (Å²) < 4.78 is 46.2. The van der Waals surface area contributed by atoms with Gasteiger partial charge in [-0.3, -0.25) is 0 Å². The van der Waals surface area contributed by atoms with E-state index in [0.29, 0.717) is 37.2 Å². The van der Waals surface area contributed by atoms with Crippen molar-refractivity contribution in [3.05, 3.63) is 24.3 Å². The summed E-state index contributed by atoms with van der Waals surface area (Å²) in [6.45, 7) is 10.5. The topological polar surface area (TPSA) is 71.1 Å². The Morgan fingerprint density at radius 1 is 0.765 bits per heavy atom. The van der Waals surface area contributed by atoms with E-state index in [4.69, 9.17) is 18.9 Å². The van der Waals surface area contributed by atoms with Crippen molar-refractivity contribution in [2.24, 2.45) is 5.92 Å². The highest BCUT2D eigenvalue weighted by Gasteiger charge is 2.31. The molecule has 0 aliphatic rings. The predicted octanol–water partition coefficient (Wildman–Crippen LogP) is 6.77. The van der Waals surface area contributed by atoms with Crippen LogP contribution in [0.15, 0.2) is 29.2 Å². The second-order valence-corrected chi connectivity index (χ2v) is 11.0. The third-order valence-corrected chi connectivity index (χ3v) is 6.94. The van der Waals surface area contributed by atoms with E-state index in [2.05, 4.69) is 6.92 Å². The monoisotopic (exact) mass is 500 g/mol. The van der Waals surface area contributed by atoms with Crippen LogP contribution in [0.5, 0.6) is 5.75 Å². The third-order valence-electron chi connectivity index (χ3n) is 5.81. The number of hydrogen-bond donors (Lipinski definition) is 0. The number of sulfone groups is 1. The molecule has 34 heavy (non-hydrogen) atoms. The van der Waals surface area contributed by atoms with Crippen molar-refractivity contribution in [3.63, 3.8) is 0 Å². The van der Waals surface area contributed by atoms with Crippen molar-refractivity contribution in [1.82, 2.24) is 0 Å². The van der Waals surface area contributed by atoms with Crippen molar-refractivity contribution in [1.29, 1.82) is 0 Å². The lowest BCUT2D eigenvalue weighted by Gasteiger charge is -2.32. The Morgan fingerprint density at radius 2 is 1.24 bits per heavy atom. The molecule has 1 atom stereocenters. The van der Waals surface area contributed by atoms with Gasteiger partial charge in [-0.25, -0.2) is 8.42 Å². The fourth-order valence-electron chi connectivity index (χ4n) is 4.00. The molecule has 1 unspecified atom stereocenters. The molecule has 1 aromatic carbocycles. The molecule has 198 valence electrons. The number of rotatable bonds is 21. The lowest BCUT2D eigenvalue weighted by molar-refractivity contribution is -0.380. The van der Waals surface area contributed by atoms with E-state index >= 15 is 0 Å². The summed E-state index contributed by atoms with van der Waals surface area (Å²) in [6, 6.07) is 6.66. The first-order chi connectivity index (χ1) is 16.3. The van der Waals surface area contributed by atoms with Gasteiger partial charge in [0.15, 0.2) is 9.84 Å². The highest BCUT2D eigenvalue weighted by Crippen LogP contribution is 2.24. The lowest BCUT2D eigenvalue weighted by Crippen LogP contribution is -2.39. The molecule has 0 amide bonds. The lowest BCUT2D eigenvalue weighted by atomic mass is 10.0. The van der Waals surface area contributed by atoms with Gasteiger partial charge in [0.05, 0.1) is 11.5 Å². The van der Waals surface area contributed by atoms with Crippen LogP contribution in [0.2, 0.25) is 0 Å². The fraction of sp³-hybridized carbons (Fsp3) is 0.778. The molecule has 0 N–H and O–H groups in total. The largest absolute Gasteiger partial charge is 0.493 e. The molecule has 0 spiro atoms. The molecule has 7 heteroatoms. The highest BCUT2D eigenvalue weighted by atomic mass is 32.2. The zero-order valence-corrected chi connectivity index (χ0v) is 23.0. The van der Waals surface area contributed by atoms with E-state index in [0.717, 1.165) is 25.0 Å². The minimum atomic E-state index is -3.16. The standard InChI is InChI=1S/C27H48O6S/c1-6-31-27(32-7-2,33-8-3)22-16-14-12-10-9-11-13-15-17-24(4)23-30-25-18-20-26(21-19-25)34(5,28)29/h18-21,24H,6-17,22-23H2,1-5H3. The van der Waals surface area contributed by atoms with Crippen molar-refractivity contribution in [3.8, 4) is 5.75 Å². The molecular weight excluding hydrogens is 452 g/mol. The zero-order chi connectivity index (χ0) is 25.3. The zero-order valence-electron chi connectivity index (χ0n) is 22.1. The molecule has 6 nitrogen and oxygen atoms in total. The van der Waals surface area contributed by atoms with Gasteiger partial charge in [0.2, 0.25) is 0 Å². The normalized spacial score (nSPS) is 13.2. The Morgan fingerprint density at radius 3 is 1.71 bits per heavy atom. The van der Waals surface area contributed by atoms with E-state index in [1.54, 1.807) is 24.3 Å². The second-order valence-electron chi connectivity index (χ2n) is 9.01. The highest BCUT2D eigenvalue weighted by molar-refractivity contribution is 7.90. The van der Waals surface area contributed by atoms with E-state index in [9.17, 15) is 8.42 Å². The van der Waals surface area contributed by atoms with Crippen molar-refractivity contribution < 1.29 is 27.4 Å². The first-order valence-electron chi connectivity index (χ1n) is 13.1. The van der Waals surface area contributed by atoms with Gasteiger partial charge in [0, 0.05) is 32.5 Å². The molecule has 1 rings (SSSR count). The van der Waals surface area contributed by atoms with Crippen LogP contribution in [0.4, 0.5) is 0 Å². The second kappa shape index (κ2) is 17.3. The molecule has 0 saturated heterocycles. The maximum absolute atomic E-state index is 11.5. The van der Waals surface area contributed by atoms with Gasteiger partial charge in [0.1, 0.15) is 5.75 Å². The van der Waals surface area contributed by atoms with Gasteiger partial charge in [-0.1, -0.05) is 51.9 Å². The van der Waals surface area contributed by atoms with Crippen LogP contribution in [0, 0.1) is 5.92 Å². The van der Waals surface area contributed by atoms with Crippen molar-refractivity contribution >= 4 is 9.84 Å². The Kier molecular flexibility index (Phi) is 15.7. The number of unbranched alkanes of at least 4 members (excludes halogenated alkanes) is 7. The van der Waals surface area contributed by atoms with Gasteiger partial charge in [-0.2, -0.15) is 0 Å². The van der Waals surface area contributed by atoms with Crippen LogP contribution >= 0.6 is 0 Å². The molecular formula is C27H48O6S. The van der Waals surface area contributed by atoms with Crippen LogP contribution in [0.25, 0.3) is 0 Å². The van der Waals surface area contributed by atoms with Gasteiger partial charge in [-0.05, 0) is 63.8 Å². The summed E-state index contributed by atoms with van der Waals surface area (Å²) in [7, 11) is -3.16. The van der Waals surface area contributed by atoms with E-state index < -0.39 is 15.8 Å². The van der Waals surface area contributed by atoms with Crippen LogP contribution in [-0.4, -0.2) is 47.1 Å². The molecule has 0 bridgehead atoms. The van der Waals surface area contributed by atoms with Gasteiger partial charge in [-0.15, -0.1) is 0 Å². The SMILES string of the molecule is CCOC(CCCCCCCCCCC(C)COc1ccc(S(C)(=O)=O)cc1)(OCC)OCC. The minimum absolute atomic E-state index is 0.322. The summed E-state index contributed by atoms with van der Waals surface area (Å²) in [5.41, 5.74) is 0. The van der Waals surface area contributed by atoms with Crippen molar-refractivity contribution in [2.75, 3.05) is 32.7 Å². The molecule has 0 heterocycles. The first kappa shape index (κ1) is 30.9. The average Bonchev–Trinajstić information content (AvgIpc) is 2.79. The number of hydrogen-bond acceptors (Lipinski definition) is 6. The quantitative estimate of drug-likeness (QED) is 0.137. The minimum Gasteiger partial charge on any atom is -0.493 e. The van der Waals surface area contributed by atoms with Crippen molar-refractivity contribution in [2.45, 2.75) is 103 Å². The number of benzene rings is 1. The fourth-order valence-corrected chi connectivity index (χ4v) is 4.63. The summed E-state index contributed by atoms with van der Waals surface area (Å²) >= 11 is 0. The van der Waals surface area contributed by atoms with E-state index in [-0.39, 0.29) is 0 Å². The Balaban J connectivity index is 2.08. The summed E-state index contributed by atoms with van der Waals surface area (Å²) in [6.07, 6.45) is 12.9. The first-order valence-corrected chi connectivity index (χ1v) is 15.0. The molecule has 0 saturated carbocycles. The predicted molar refractivity (Wildman–Crippen MR) is 138 cm³/mol. The van der Waals surface area contributed by atoms with Crippen LogP contribution < -0.4 is 4.74 Å². The molecule has 0 aliphatic carbocycles. The van der Waals surface area contributed by atoms with Crippen LogP contribution in [0.1, 0.15) is 91.9 Å². The molecule has 0 aromatic heterocycles. The molecule has 1 aromatic rings. The summed E-state index contributed by atoms with van der Waals surface area (Å²) in [4.78, 5) is 0.322.